The van der Waals surface area contributed by atoms with Gasteiger partial charge in [0.15, 0.2) is 0 Å². The Morgan fingerprint density at radius 3 is 2.75 bits per heavy atom. The maximum Gasteiger partial charge on any atom is 0.237 e. The van der Waals surface area contributed by atoms with Gasteiger partial charge in [-0.1, -0.05) is 30.3 Å². The second-order valence-electron chi connectivity index (χ2n) is 4.79. The summed E-state index contributed by atoms with van der Waals surface area (Å²) in [4.78, 5) is 11.9. The lowest BCUT2D eigenvalue weighted by Gasteiger charge is -2.12. The summed E-state index contributed by atoms with van der Waals surface area (Å²) in [5, 5.41) is 6.89. The molecule has 0 saturated carbocycles. The molecule has 1 amide bonds. The second kappa shape index (κ2) is 6.86. The maximum absolute atomic E-state index is 11.9. The van der Waals surface area contributed by atoms with Crippen molar-refractivity contribution in [3.8, 4) is 0 Å². The molecule has 20 heavy (non-hydrogen) atoms. The molecule has 0 fully saturated rings. The number of nitrogens with one attached hydrogen (secondary N) is 1. The number of hydrogen-bond acceptors (Lipinski definition) is 3. The number of carbonyl (C=O) groups is 1. The highest BCUT2D eigenvalue weighted by molar-refractivity contribution is 5.81. The molecule has 0 radical (unpaired) electrons. The van der Waals surface area contributed by atoms with Gasteiger partial charge in [0.1, 0.15) is 0 Å². The molecule has 3 N–H and O–H groups in total. The van der Waals surface area contributed by atoms with E-state index in [1.54, 1.807) is 10.9 Å². The molecule has 2 aromatic rings. The van der Waals surface area contributed by atoms with Gasteiger partial charge in [0.05, 0.1) is 18.3 Å². The van der Waals surface area contributed by atoms with Crippen LogP contribution in [0, 0.1) is 0 Å². The van der Waals surface area contributed by atoms with Gasteiger partial charge in [0.2, 0.25) is 5.91 Å². The number of nitrogens with two attached hydrogens (primary N) is 1. The van der Waals surface area contributed by atoms with Crippen molar-refractivity contribution in [2.24, 2.45) is 12.8 Å². The summed E-state index contributed by atoms with van der Waals surface area (Å²) in [7, 11) is 1.84. The van der Waals surface area contributed by atoms with Gasteiger partial charge in [-0.3, -0.25) is 9.48 Å². The average Bonchev–Trinajstić information content (AvgIpc) is 2.88. The highest BCUT2D eigenvalue weighted by Gasteiger charge is 2.13. The van der Waals surface area contributed by atoms with Crippen molar-refractivity contribution in [3.63, 3.8) is 0 Å². The van der Waals surface area contributed by atoms with Crippen molar-refractivity contribution in [2.45, 2.75) is 25.4 Å². The van der Waals surface area contributed by atoms with Crippen LogP contribution in [0.1, 0.15) is 17.7 Å². The predicted molar refractivity (Wildman–Crippen MR) is 77.8 cm³/mol. The number of carbonyl (C=O) groups excluding carboxylic acids is 1. The van der Waals surface area contributed by atoms with Crippen LogP contribution < -0.4 is 11.1 Å². The number of benzene rings is 1. The number of aromatic nitrogens is 2. The van der Waals surface area contributed by atoms with E-state index in [2.05, 4.69) is 10.4 Å². The third kappa shape index (κ3) is 3.93. The summed E-state index contributed by atoms with van der Waals surface area (Å²) in [6, 6.07) is 11.4. The van der Waals surface area contributed by atoms with Crippen LogP contribution in [0.4, 0.5) is 0 Å². The largest absolute Gasteiger partial charge is 0.349 e. The van der Waals surface area contributed by atoms with Gasteiger partial charge in [-0.25, -0.2) is 0 Å². The Labute approximate surface area is 118 Å². The van der Waals surface area contributed by atoms with Crippen molar-refractivity contribution in [1.29, 1.82) is 0 Å². The van der Waals surface area contributed by atoms with E-state index >= 15 is 0 Å². The molecule has 1 unspecified atom stereocenters. The molecule has 1 atom stereocenters. The van der Waals surface area contributed by atoms with Crippen molar-refractivity contribution in [1.82, 2.24) is 15.1 Å². The molecule has 0 aliphatic rings. The van der Waals surface area contributed by atoms with Gasteiger partial charge < -0.3 is 11.1 Å². The fraction of sp³-hybridized carbons (Fsp3) is 0.333. The standard InChI is InChI=1S/C15H20N4O/c1-19-13(9-10-18-19)11-17-15(20)14(16)8-7-12-5-3-2-4-6-12/h2-6,9-10,14H,7-8,11,16H2,1H3,(H,17,20). The molecule has 2 rings (SSSR count). The Hall–Kier alpha value is -2.14. The SMILES string of the molecule is Cn1nccc1CNC(=O)C(N)CCc1ccccc1. The lowest BCUT2D eigenvalue weighted by Crippen LogP contribution is -2.40. The van der Waals surface area contributed by atoms with E-state index in [4.69, 9.17) is 5.73 Å². The Kier molecular flexibility index (Phi) is 4.90. The van der Waals surface area contributed by atoms with Crippen LogP contribution in [0.2, 0.25) is 0 Å². The van der Waals surface area contributed by atoms with E-state index in [9.17, 15) is 4.79 Å². The van der Waals surface area contributed by atoms with Crippen LogP contribution in [-0.4, -0.2) is 21.7 Å². The van der Waals surface area contributed by atoms with E-state index in [0.29, 0.717) is 13.0 Å². The molecule has 5 heteroatoms. The minimum atomic E-state index is -0.483. The summed E-state index contributed by atoms with van der Waals surface area (Å²) in [6.07, 6.45) is 3.15. The fourth-order valence-corrected chi connectivity index (χ4v) is 1.98. The van der Waals surface area contributed by atoms with Crippen LogP contribution >= 0.6 is 0 Å². The first-order chi connectivity index (χ1) is 9.66. The minimum absolute atomic E-state index is 0.123. The molecule has 0 spiro atoms. The highest BCUT2D eigenvalue weighted by atomic mass is 16.2. The monoisotopic (exact) mass is 272 g/mol. The molecule has 106 valence electrons. The van der Waals surface area contributed by atoms with E-state index in [1.165, 1.54) is 5.56 Å². The van der Waals surface area contributed by atoms with Crippen molar-refractivity contribution >= 4 is 5.91 Å². The van der Waals surface area contributed by atoms with E-state index < -0.39 is 6.04 Å². The summed E-state index contributed by atoms with van der Waals surface area (Å²) in [5.41, 5.74) is 8.06. The zero-order chi connectivity index (χ0) is 14.4. The summed E-state index contributed by atoms with van der Waals surface area (Å²) >= 11 is 0. The van der Waals surface area contributed by atoms with Crippen LogP contribution in [-0.2, 0) is 24.8 Å². The smallest absolute Gasteiger partial charge is 0.237 e. The van der Waals surface area contributed by atoms with Gasteiger partial charge in [0, 0.05) is 13.2 Å². The van der Waals surface area contributed by atoms with Crippen molar-refractivity contribution < 1.29 is 4.79 Å². The van der Waals surface area contributed by atoms with Crippen LogP contribution in [0.15, 0.2) is 42.6 Å². The lowest BCUT2D eigenvalue weighted by molar-refractivity contribution is -0.122. The van der Waals surface area contributed by atoms with Crippen molar-refractivity contribution in [3.05, 3.63) is 53.9 Å². The van der Waals surface area contributed by atoms with E-state index in [0.717, 1.165) is 12.1 Å². The quantitative estimate of drug-likeness (QED) is 0.824. The van der Waals surface area contributed by atoms with E-state index in [1.807, 2.05) is 43.4 Å². The topological polar surface area (TPSA) is 72.9 Å². The summed E-state index contributed by atoms with van der Waals surface area (Å²) in [5.74, 6) is -0.123. The number of aryl methyl sites for hydroxylation is 2. The molecule has 0 saturated heterocycles. The summed E-state index contributed by atoms with van der Waals surface area (Å²) < 4.78 is 1.73. The average molecular weight is 272 g/mol. The van der Waals surface area contributed by atoms with Gasteiger partial charge in [-0.05, 0) is 24.5 Å². The number of hydrogen-bond donors (Lipinski definition) is 2. The van der Waals surface area contributed by atoms with Crippen molar-refractivity contribution in [2.75, 3.05) is 0 Å². The van der Waals surface area contributed by atoms with Crippen LogP contribution in [0.5, 0.6) is 0 Å². The summed E-state index contributed by atoms with van der Waals surface area (Å²) in [6.45, 7) is 0.453. The Morgan fingerprint density at radius 1 is 1.35 bits per heavy atom. The maximum atomic E-state index is 11.9. The first-order valence-corrected chi connectivity index (χ1v) is 6.71. The first-order valence-electron chi connectivity index (χ1n) is 6.71. The minimum Gasteiger partial charge on any atom is -0.349 e. The third-order valence-corrected chi connectivity index (χ3v) is 3.29. The molecule has 5 nitrogen and oxygen atoms in total. The Bertz CT molecular complexity index is 550. The molecule has 1 aromatic heterocycles. The Morgan fingerprint density at radius 2 is 2.10 bits per heavy atom. The fourth-order valence-electron chi connectivity index (χ4n) is 1.98. The molecule has 0 aliphatic carbocycles. The number of amides is 1. The first kappa shape index (κ1) is 14.3. The molecular formula is C15H20N4O. The predicted octanol–water partition coefficient (Wildman–Crippen LogP) is 0.996. The zero-order valence-electron chi connectivity index (χ0n) is 11.6. The van der Waals surface area contributed by atoms with Crippen LogP contribution in [0.3, 0.4) is 0 Å². The van der Waals surface area contributed by atoms with Gasteiger partial charge >= 0.3 is 0 Å². The second-order valence-corrected chi connectivity index (χ2v) is 4.79. The number of nitrogens with zero attached hydrogens (tertiary/aromatic N) is 2. The highest BCUT2D eigenvalue weighted by Crippen LogP contribution is 2.04. The molecular weight excluding hydrogens is 252 g/mol. The van der Waals surface area contributed by atoms with Gasteiger partial charge in [-0.15, -0.1) is 0 Å². The van der Waals surface area contributed by atoms with Gasteiger partial charge in [0.25, 0.3) is 0 Å². The molecule has 1 heterocycles. The lowest BCUT2D eigenvalue weighted by atomic mass is 10.1. The molecule has 0 bridgehead atoms. The zero-order valence-corrected chi connectivity index (χ0v) is 11.6. The normalized spacial score (nSPS) is 12.1. The van der Waals surface area contributed by atoms with Crippen LogP contribution in [0.25, 0.3) is 0 Å². The molecule has 1 aromatic carbocycles. The van der Waals surface area contributed by atoms with E-state index in [-0.39, 0.29) is 5.91 Å². The number of rotatable bonds is 6. The Balaban J connectivity index is 1.76. The third-order valence-electron chi connectivity index (χ3n) is 3.29. The van der Waals surface area contributed by atoms with Gasteiger partial charge in [-0.2, -0.15) is 5.10 Å². The molecule has 0 aliphatic heterocycles.